The fourth-order valence-electron chi connectivity index (χ4n) is 2.95. The van der Waals surface area contributed by atoms with E-state index in [4.69, 9.17) is 5.11 Å². The molecule has 0 aromatic heterocycles. The van der Waals surface area contributed by atoms with Crippen LogP contribution >= 0.6 is 11.8 Å². The van der Waals surface area contributed by atoms with Crippen molar-refractivity contribution in [1.29, 1.82) is 0 Å². The molecule has 9 heteroatoms. The summed E-state index contributed by atoms with van der Waals surface area (Å²) in [5, 5.41) is 11.1. The summed E-state index contributed by atoms with van der Waals surface area (Å²) < 4.78 is 24.8. The lowest BCUT2D eigenvalue weighted by Crippen LogP contribution is -2.53. The van der Waals surface area contributed by atoms with Gasteiger partial charge in [0.15, 0.2) is 0 Å². The number of aliphatic carboxylic acids is 1. The second-order valence-corrected chi connectivity index (χ2v) is 6.83. The molecule has 2 N–H and O–H groups in total. The lowest BCUT2D eigenvalue weighted by atomic mass is 10.1. The van der Waals surface area contributed by atoms with Crippen LogP contribution in [0, 0.1) is 5.92 Å². The van der Waals surface area contributed by atoms with E-state index in [-0.39, 0.29) is 11.8 Å². The number of nitrogens with zero attached hydrogens (tertiary/aromatic N) is 1. The molecule has 2 rings (SSSR count). The van der Waals surface area contributed by atoms with Crippen LogP contribution in [0.1, 0.15) is 32.1 Å². The quantitative estimate of drug-likeness (QED) is 0.754. The van der Waals surface area contributed by atoms with Crippen LogP contribution in [0.25, 0.3) is 0 Å². The second kappa shape index (κ2) is 7.94. The van der Waals surface area contributed by atoms with Crippen LogP contribution in [0.3, 0.4) is 0 Å². The van der Waals surface area contributed by atoms with Gasteiger partial charge in [0.25, 0.3) is 0 Å². The maximum Gasteiger partial charge on any atom is 0.326 e. The maximum absolute atomic E-state index is 12.5. The monoisotopic (exact) mass is 350 g/mol. The van der Waals surface area contributed by atoms with Crippen molar-refractivity contribution in [1.82, 2.24) is 10.2 Å². The Hall–Kier alpha value is -1.38. The smallest absolute Gasteiger partial charge is 0.326 e. The minimum Gasteiger partial charge on any atom is -0.480 e. The number of nitrogens with one attached hydrogen (secondary N) is 1. The van der Waals surface area contributed by atoms with Crippen molar-refractivity contribution in [2.75, 3.05) is 11.6 Å². The molecule has 0 spiro atoms. The molecule has 1 aliphatic carbocycles. The third-order valence-electron chi connectivity index (χ3n) is 4.20. The molecule has 2 atom stereocenters. The maximum atomic E-state index is 12.5. The number of rotatable bonds is 6. The Labute approximate surface area is 137 Å². The van der Waals surface area contributed by atoms with Crippen molar-refractivity contribution in [2.24, 2.45) is 5.92 Å². The van der Waals surface area contributed by atoms with E-state index in [1.54, 1.807) is 0 Å². The standard InChI is InChI=1S/C14H20F2N2O4S/c15-11(16)5-9(14(21)22)17-12(19)10-6-23-7-18(10)13(20)8-3-1-2-4-8/h8-11H,1-7H2,(H,17,19)(H,21,22). The van der Waals surface area contributed by atoms with Gasteiger partial charge in [-0.3, -0.25) is 9.59 Å². The van der Waals surface area contributed by atoms with Gasteiger partial charge in [-0.1, -0.05) is 12.8 Å². The number of alkyl halides is 2. The van der Waals surface area contributed by atoms with E-state index in [0.29, 0.717) is 11.6 Å². The van der Waals surface area contributed by atoms with E-state index in [2.05, 4.69) is 5.32 Å². The Morgan fingerprint density at radius 3 is 2.48 bits per heavy atom. The highest BCUT2D eigenvalue weighted by Gasteiger charge is 2.39. The summed E-state index contributed by atoms with van der Waals surface area (Å²) in [5.41, 5.74) is 0. The van der Waals surface area contributed by atoms with Crippen molar-refractivity contribution in [2.45, 2.75) is 50.6 Å². The summed E-state index contributed by atoms with van der Waals surface area (Å²) in [6.45, 7) is 0. The third kappa shape index (κ3) is 4.55. The molecule has 2 fully saturated rings. The average molecular weight is 350 g/mol. The number of carboxylic acids is 1. The van der Waals surface area contributed by atoms with Crippen LogP contribution in [0.5, 0.6) is 0 Å². The van der Waals surface area contributed by atoms with Gasteiger partial charge in [0.2, 0.25) is 18.2 Å². The molecule has 6 nitrogen and oxygen atoms in total. The first kappa shape index (κ1) is 18.0. The molecule has 1 saturated heterocycles. The Morgan fingerprint density at radius 2 is 1.91 bits per heavy atom. The Bertz CT molecular complexity index is 472. The van der Waals surface area contributed by atoms with E-state index >= 15 is 0 Å². The van der Waals surface area contributed by atoms with Crippen LogP contribution in [0.4, 0.5) is 8.78 Å². The minimum absolute atomic E-state index is 0.0830. The van der Waals surface area contributed by atoms with Gasteiger partial charge in [-0.05, 0) is 12.8 Å². The molecule has 0 aromatic rings. The molecule has 1 saturated carbocycles. The fourth-order valence-corrected chi connectivity index (χ4v) is 4.12. The van der Waals surface area contributed by atoms with Gasteiger partial charge in [-0.2, -0.15) is 0 Å². The third-order valence-corrected chi connectivity index (χ3v) is 5.21. The molecular weight excluding hydrogens is 330 g/mol. The van der Waals surface area contributed by atoms with Gasteiger partial charge >= 0.3 is 5.97 Å². The SMILES string of the molecule is O=C(O)C(CC(F)F)NC(=O)C1CSCN1C(=O)C1CCCC1. The van der Waals surface area contributed by atoms with Gasteiger partial charge in [-0.15, -0.1) is 11.8 Å². The predicted octanol–water partition coefficient (Wildman–Crippen LogP) is 1.30. The van der Waals surface area contributed by atoms with Gasteiger partial charge in [-0.25, -0.2) is 13.6 Å². The first-order valence-corrected chi connectivity index (χ1v) is 8.75. The second-order valence-electron chi connectivity index (χ2n) is 5.83. The topological polar surface area (TPSA) is 86.7 Å². The van der Waals surface area contributed by atoms with Crippen LogP contribution < -0.4 is 5.32 Å². The van der Waals surface area contributed by atoms with Crippen molar-refractivity contribution in [3.8, 4) is 0 Å². The van der Waals surface area contributed by atoms with Crippen molar-refractivity contribution in [3.63, 3.8) is 0 Å². The molecular formula is C14H20F2N2O4S. The number of carbonyl (C=O) groups excluding carboxylic acids is 2. The van der Waals surface area contributed by atoms with E-state index < -0.39 is 36.8 Å². The summed E-state index contributed by atoms with van der Waals surface area (Å²) >= 11 is 1.40. The van der Waals surface area contributed by atoms with Crippen LogP contribution in [-0.2, 0) is 14.4 Å². The first-order chi connectivity index (χ1) is 10.9. The number of amides is 2. The molecule has 0 aromatic carbocycles. The van der Waals surface area contributed by atoms with E-state index in [9.17, 15) is 23.2 Å². The van der Waals surface area contributed by atoms with Crippen LogP contribution in [0.2, 0.25) is 0 Å². The van der Waals surface area contributed by atoms with Crippen LogP contribution in [0.15, 0.2) is 0 Å². The van der Waals surface area contributed by atoms with Gasteiger partial charge in [0, 0.05) is 18.1 Å². The Kier molecular flexibility index (Phi) is 6.20. The van der Waals surface area contributed by atoms with E-state index in [0.717, 1.165) is 25.7 Å². The summed E-state index contributed by atoms with van der Waals surface area (Å²) in [6.07, 6.45) is -0.189. The van der Waals surface area contributed by atoms with E-state index in [1.165, 1.54) is 16.7 Å². The molecule has 2 aliphatic rings. The molecule has 2 amide bonds. The number of carboxylic acid groups (broad SMARTS) is 1. The lowest BCUT2D eigenvalue weighted by Gasteiger charge is -2.26. The van der Waals surface area contributed by atoms with Crippen molar-refractivity contribution in [3.05, 3.63) is 0 Å². The Balaban J connectivity index is 1.99. The zero-order chi connectivity index (χ0) is 17.0. The number of halogens is 2. The van der Waals surface area contributed by atoms with Crippen molar-refractivity contribution < 1.29 is 28.3 Å². The molecule has 1 aliphatic heterocycles. The normalized spacial score (nSPS) is 23.3. The molecule has 130 valence electrons. The van der Waals surface area contributed by atoms with Gasteiger partial charge < -0.3 is 15.3 Å². The van der Waals surface area contributed by atoms with Crippen molar-refractivity contribution >= 4 is 29.5 Å². The predicted molar refractivity (Wildman–Crippen MR) is 80.1 cm³/mol. The molecule has 23 heavy (non-hydrogen) atoms. The lowest BCUT2D eigenvalue weighted by molar-refractivity contribution is -0.145. The summed E-state index contributed by atoms with van der Waals surface area (Å²) in [5.74, 6) is -1.62. The summed E-state index contributed by atoms with van der Waals surface area (Å²) in [4.78, 5) is 37.1. The van der Waals surface area contributed by atoms with Gasteiger partial charge in [0.1, 0.15) is 12.1 Å². The highest BCUT2D eigenvalue weighted by molar-refractivity contribution is 7.99. The first-order valence-electron chi connectivity index (χ1n) is 7.59. The average Bonchev–Trinajstić information content (AvgIpc) is 3.16. The number of hydrogen-bond donors (Lipinski definition) is 2. The highest BCUT2D eigenvalue weighted by atomic mass is 32.2. The summed E-state index contributed by atoms with van der Waals surface area (Å²) in [6, 6.07) is -2.43. The van der Waals surface area contributed by atoms with E-state index in [1.807, 2.05) is 0 Å². The number of hydrogen-bond acceptors (Lipinski definition) is 4. The molecule has 1 heterocycles. The summed E-state index contributed by atoms with van der Waals surface area (Å²) in [7, 11) is 0. The molecule has 0 radical (unpaired) electrons. The fraction of sp³-hybridized carbons (Fsp3) is 0.786. The highest BCUT2D eigenvalue weighted by Crippen LogP contribution is 2.30. The molecule has 2 unspecified atom stereocenters. The zero-order valence-electron chi connectivity index (χ0n) is 12.5. The van der Waals surface area contributed by atoms with Crippen LogP contribution in [-0.4, -0.2) is 57.9 Å². The van der Waals surface area contributed by atoms with Gasteiger partial charge in [0.05, 0.1) is 5.88 Å². The molecule has 0 bridgehead atoms. The Morgan fingerprint density at radius 1 is 1.26 bits per heavy atom. The minimum atomic E-state index is -2.83. The number of thioether (sulfide) groups is 1. The largest absolute Gasteiger partial charge is 0.480 e. The number of carbonyl (C=O) groups is 3. The zero-order valence-corrected chi connectivity index (χ0v) is 13.4.